The van der Waals surface area contributed by atoms with Gasteiger partial charge in [0.25, 0.3) is 0 Å². The van der Waals surface area contributed by atoms with Gasteiger partial charge in [-0.3, -0.25) is 4.57 Å². The second-order valence-corrected chi connectivity index (χ2v) is 7.47. The van der Waals surface area contributed by atoms with Gasteiger partial charge in [-0.25, -0.2) is 15.0 Å². The van der Waals surface area contributed by atoms with Crippen LogP contribution in [0.2, 0.25) is 0 Å². The van der Waals surface area contributed by atoms with Crippen molar-refractivity contribution in [1.82, 2.24) is 9.55 Å². The lowest BCUT2D eigenvalue weighted by atomic mass is 10.1. The van der Waals surface area contributed by atoms with E-state index in [2.05, 4.69) is 69.1 Å². The molecule has 0 aliphatic carbocycles. The minimum absolute atomic E-state index is 0.836. The molecule has 130 valence electrons. The minimum atomic E-state index is 0.836. The highest BCUT2D eigenvalue weighted by atomic mass is 32.2. The van der Waals surface area contributed by atoms with Gasteiger partial charge in [0.2, 0.25) is 0 Å². The fourth-order valence-corrected chi connectivity index (χ4v) is 4.01. The van der Waals surface area contributed by atoms with Crippen molar-refractivity contribution in [3.63, 3.8) is 0 Å². The van der Waals surface area contributed by atoms with Gasteiger partial charge in [0.15, 0.2) is 11.0 Å². The third-order valence-corrected chi connectivity index (χ3v) is 5.48. The van der Waals surface area contributed by atoms with E-state index in [4.69, 9.17) is 9.98 Å². The van der Waals surface area contributed by atoms with Crippen molar-refractivity contribution in [2.75, 3.05) is 0 Å². The smallest absolute Gasteiger partial charge is 0.180 e. The van der Waals surface area contributed by atoms with Gasteiger partial charge in [0.05, 0.1) is 11.4 Å². The zero-order valence-electron chi connectivity index (χ0n) is 15.3. The summed E-state index contributed by atoms with van der Waals surface area (Å²) in [5, 5.41) is 1.79. The SMILES string of the molecule is Cc1cccc(C)c1N=C1Sc2nccn2C1=Nc1c(C)cccc1C. The highest BCUT2D eigenvalue weighted by molar-refractivity contribution is 8.16. The Labute approximate surface area is 157 Å². The first-order chi connectivity index (χ1) is 12.5. The van der Waals surface area contributed by atoms with Gasteiger partial charge in [-0.05, 0) is 61.7 Å². The molecule has 2 heterocycles. The Bertz CT molecular complexity index is 1020. The Balaban J connectivity index is 1.90. The molecule has 0 spiro atoms. The van der Waals surface area contributed by atoms with Gasteiger partial charge in [0, 0.05) is 12.4 Å². The summed E-state index contributed by atoms with van der Waals surface area (Å²) in [5.74, 6) is 0.836. The van der Waals surface area contributed by atoms with Crippen LogP contribution in [-0.2, 0) is 0 Å². The number of imidazole rings is 1. The van der Waals surface area contributed by atoms with Crippen molar-refractivity contribution in [3.05, 3.63) is 71.0 Å². The maximum Gasteiger partial charge on any atom is 0.180 e. The number of thioether (sulfide) groups is 1. The van der Waals surface area contributed by atoms with E-state index in [9.17, 15) is 0 Å². The largest absolute Gasteiger partial charge is 0.276 e. The van der Waals surface area contributed by atoms with Crippen LogP contribution in [-0.4, -0.2) is 20.4 Å². The second kappa shape index (κ2) is 6.57. The van der Waals surface area contributed by atoms with Gasteiger partial charge in [0.1, 0.15) is 5.04 Å². The first kappa shape index (κ1) is 16.8. The van der Waals surface area contributed by atoms with Gasteiger partial charge >= 0.3 is 0 Å². The summed E-state index contributed by atoms with van der Waals surface area (Å²) in [6.45, 7) is 8.36. The summed E-state index contributed by atoms with van der Waals surface area (Å²) >= 11 is 1.57. The van der Waals surface area contributed by atoms with Crippen LogP contribution in [0.25, 0.3) is 0 Å². The minimum Gasteiger partial charge on any atom is -0.276 e. The Hall–Kier alpha value is -2.66. The highest BCUT2D eigenvalue weighted by Gasteiger charge is 2.27. The molecule has 0 fully saturated rings. The Kier molecular flexibility index (Phi) is 4.24. The molecule has 0 saturated carbocycles. The molecule has 4 rings (SSSR count). The van der Waals surface area contributed by atoms with Crippen LogP contribution >= 0.6 is 11.8 Å². The number of nitrogens with zero attached hydrogens (tertiary/aromatic N) is 4. The molecule has 0 radical (unpaired) electrons. The number of hydrogen-bond acceptors (Lipinski definition) is 4. The van der Waals surface area contributed by atoms with E-state index in [1.165, 1.54) is 0 Å². The standard InChI is InChI=1S/C21H20N4S/c1-13-7-5-8-14(2)17(13)23-19-20(26-21-22-11-12-25(19)21)24-18-15(3)9-6-10-16(18)4/h5-12H,1-4H3. The predicted molar refractivity (Wildman–Crippen MR) is 110 cm³/mol. The maximum atomic E-state index is 5.00. The third kappa shape index (κ3) is 2.88. The Morgan fingerprint density at radius 3 is 1.92 bits per heavy atom. The Morgan fingerprint density at radius 1 is 0.808 bits per heavy atom. The quantitative estimate of drug-likeness (QED) is 0.603. The average Bonchev–Trinajstić information content (AvgIpc) is 3.16. The molecule has 0 bridgehead atoms. The van der Waals surface area contributed by atoms with Crippen molar-refractivity contribution in [3.8, 4) is 0 Å². The molecule has 0 atom stereocenters. The molecule has 0 N–H and O–H groups in total. The van der Waals surface area contributed by atoms with E-state index in [-0.39, 0.29) is 0 Å². The number of aliphatic imine (C=N–C) groups is 2. The van der Waals surface area contributed by atoms with Crippen LogP contribution in [0, 0.1) is 27.7 Å². The van der Waals surface area contributed by atoms with E-state index in [0.29, 0.717) is 0 Å². The third-order valence-electron chi connectivity index (χ3n) is 4.52. The van der Waals surface area contributed by atoms with E-state index < -0.39 is 0 Å². The van der Waals surface area contributed by atoms with Crippen molar-refractivity contribution in [2.45, 2.75) is 32.9 Å². The molecular weight excluding hydrogens is 340 g/mol. The summed E-state index contributed by atoms with van der Waals surface area (Å²) in [5.41, 5.74) is 6.64. The van der Waals surface area contributed by atoms with Crippen molar-refractivity contribution >= 4 is 34.0 Å². The van der Waals surface area contributed by atoms with Crippen LogP contribution in [0.4, 0.5) is 11.4 Å². The number of aromatic nitrogens is 2. The first-order valence-corrected chi connectivity index (χ1v) is 9.38. The van der Waals surface area contributed by atoms with Crippen molar-refractivity contribution in [1.29, 1.82) is 0 Å². The molecule has 0 unspecified atom stereocenters. The molecule has 4 nitrogen and oxygen atoms in total. The van der Waals surface area contributed by atoms with Gasteiger partial charge < -0.3 is 0 Å². The molecule has 5 heteroatoms. The number of hydrogen-bond donors (Lipinski definition) is 0. The normalized spacial score (nSPS) is 16.5. The van der Waals surface area contributed by atoms with Crippen molar-refractivity contribution < 1.29 is 0 Å². The zero-order chi connectivity index (χ0) is 18.3. The molecular formula is C21H20N4S. The molecule has 1 aliphatic heterocycles. The summed E-state index contributed by atoms with van der Waals surface area (Å²) in [6.07, 6.45) is 3.75. The predicted octanol–water partition coefficient (Wildman–Crippen LogP) is 5.53. The van der Waals surface area contributed by atoms with Gasteiger partial charge in [-0.2, -0.15) is 0 Å². The lowest BCUT2D eigenvalue weighted by Crippen LogP contribution is -2.13. The first-order valence-electron chi connectivity index (χ1n) is 8.56. The van der Waals surface area contributed by atoms with E-state index >= 15 is 0 Å². The highest BCUT2D eigenvalue weighted by Crippen LogP contribution is 2.34. The van der Waals surface area contributed by atoms with E-state index in [1.54, 1.807) is 18.0 Å². The second-order valence-electron chi connectivity index (χ2n) is 6.52. The maximum absolute atomic E-state index is 5.00. The topological polar surface area (TPSA) is 42.5 Å². The molecule has 2 aromatic carbocycles. The number of para-hydroxylation sites is 2. The van der Waals surface area contributed by atoms with Crippen molar-refractivity contribution in [2.24, 2.45) is 9.98 Å². The number of benzene rings is 2. The molecule has 0 saturated heterocycles. The molecule has 1 aliphatic rings. The lowest BCUT2D eigenvalue weighted by Gasteiger charge is -2.08. The lowest BCUT2D eigenvalue weighted by molar-refractivity contribution is 0.964. The van der Waals surface area contributed by atoms with Crippen LogP contribution in [0.5, 0.6) is 0 Å². The number of rotatable bonds is 2. The number of fused-ring (bicyclic) bond motifs is 1. The van der Waals surface area contributed by atoms with Gasteiger partial charge in [-0.15, -0.1) is 0 Å². The van der Waals surface area contributed by atoms with Crippen LogP contribution in [0.3, 0.4) is 0 Å². The average molecular weight is 360 g/mol. The van der Waals surface area contributed by atoms with Crippen LogP contribution in [0.1, 0.15) is 22.3 Å². The monoisotopic (exact) mass is 360 g/mol. The fourth-order valence-electron chi connectivity index (χ4n) is 3.11. The summed E-state index contributed by atoms with van der Waals surface area (Å²) in [6, 6.07) is 12.5. The summed E-state index contributed by atoms with van der Waals surface area (Å²) in [7, 11) is 0. The molecule has 3 aromatic rings. The Morgan fingerprint density at radius 2 is 1.35 bits per heavy atom. The zero-order valence-corrected chi connectivity index (χ0v) is 16.1. The van der Waals surface area contributed by atoms with E-state index in [0.717, 1.165) is 49.7 Å². The molecule has 1 aromatic heterocycles. The summed E-state index contributed by atoms with van der Waals surface area (Å²) < 4.78 is 2.02. The van der Waals surface area contributed by atoms with E-state index in [1.807, 2.05) is 10.8 Å². The fraction of sp³-hybridized carbons (Fsp3) is 0.190. The summed E-state index contributed by atoms with van der Waals surface area (Å²) in [4.78, 5) is 14.4. The molecule has 0 amide bonds. The molecule has 26 heavy (non-hydrogen) atoms. The number of aryl methyl sites for hydroxylation is 4. The van der Waals surface area contributed by atoms with Crippen LogP contribution < -0.4 is 0 Å². The van der Waals surface area contributed by atoms with Crippen LogP contribution in [0.15, 0.2) is 63.9 Å². The van der Waals surface area contributed by atoms with Gasteiger partial charge in [-0.1, -0.05) is 36.4 Å².